The van der Waals surface area contributed by atoms with Crippen LogP contribution in [0.5, 0.6) is 0 Å². The van der Waals surface area contributed by atoms with E-state index in [2.05, 4.69) is 12.1 Å². The Bertz CT molecular complexity index is 765. The van der Waals surface area contributed by atoms with Gasteiger partial charge in [0, 0.05) is 37.8 Å². The third-order valence-corrected chi connectivity index (χ3v) is 5.73. The summed E-state index contributed by atoms with van der Waals surface area (Å²) in [6.45, 7) is 2.94. The maximum atomic E-state index is 13.3. The Hall–Kier alpha value is -1.91. The standard InChI is InChI=1S/C21H25NO3/c1-24-15-21-11-5-13-25-19(21)10-12-22(14-21)20(23)18-9-4-7-16-6-2-3-8-17(16)18/h2-4,6-9,19H,5,10-15H2,1H3/t19-,21-/m1/s1. The number of likely N-dealkylation sites (tertiary alicyclic amines) is 1. The van der Waals surface area contributed by atoms with Crippen LogP contribution < -0.4 is 0 Å². The topological polar surface area (TPSA) is 38.8 Å². The van der Waals surface area contributed by atoms with Gasteiger partial charge >= 0.3 is 0 Å². The van der Waals surface area contributed by atoms with Gasteiger partial charge in [-0.1, -0.05) is 36.4 Å². The molecule has 0 radical (unpaired) electrons. The fourth-order valence-corrected chi connectivity index (χ4v) is 4.54. The zero-order valence-electron chi connectivity index (χ0n) is 14.7. The van der Waals surface area contributed by atoms with Crippen molar-refractivity contribution in [1.82, 2.24) is 4.90 Å². The van der Waals surface area contributed by atoms with E-state index >= 15 is 0 Å². The van der Waals surface area contributed by atoms with Crippen molar-refractivity contribution in [2.75, 3.05) is 33.4 Å². The van der Waals surface area contributed by atoms with Crippen LogP contribution in [0, 0.1) is 5.41 Å². The molecule has 1 amide bonds. The second kappa shape index (κ2) is 6.77. The van der Waals surface area contributed by atoms with Crippen LogP contribution in [0.3, 0.4) is 0 Å². The van der Waals surface area contributed by atoms with E-state index in [0.717, 1.165) is 48.8 Å². The molecule has 0 N–H and O–H groups in total. The van der Waals surface area contributed by atoms with E-state index in [1.165, 1.54) is 0 Å². The molecule has 2 aliphatic rings. The molecule has 2 aromatic rings. The molecule has 2 fully saturated rings. The Morgan fingerprint density at radius 3 is 3.00 bits per heavy atom. The van der Waals surface area contributed by atoms with Gasteiger partial charge in [0.05, 0.1) is 12.7 Å². The van der Waals surface area contributed by atoms with E-state index in [1.54, 1.807) is 7.11 Å². The summed E-state index contributed by atoms with van der Waals surface area (Å²) in [5.41, 5.74) is 0.728. The molecule has 4 rings (SSSR count). The van der Waals surface area contributed by atoms with Gasteiger partial charge in [-0.05, 0) is 36.1 Å². The summed E-state index contributed by atoms with van der Waals surface area (Å²) in [6.07, 6.45) is 3.19. The molecule has 0 bridgehead atoms. The minimum absolute atomic E-state index is 0.0640. The Labute approximate surface area is 148 Å². The molecule has 2 aromatic carbocycles. The lowest BCUT2D eigenvalue weighted by atomic mass is 9.73. The number of hydrogen-bond donors (Lipinski definition) is 0. The molecular formula is C21H25NO3. The zero-order valence-corrected chi connectivity index (χ0v) is 14.7. The minimum Gasteiger partial charge on any atom is -0.384 e. The van der Waals surface area contributed by atoms with Gasteiger partial charge in [0.2, 0.25) is 0 Å². The first kappa shape index (κ1) is 16.6. The highest BCUT2D eigenvalue weighted by Crippen LogP contribution is 2.41. The zero-order chi connectivity index (χ0) is 17.3. The number of methoxy groups -OCH3 is 1. The molecule has 0 aliphatic carbocycles. The molecular weight excluding hydrogens is 314 g/mol. The fraction of sp³-hybridized carbons (Fsp3) is 0.476. The number of amides is 1. The lowest BCUT2D eigenvalue weighted by Crippen LogP contribution is -2.58. The summed E-state index contributed by atoms with van der Waals surface area (Å²) in [5.74, 6) is 0.122. The number of piperidine rings is 1. The number of carbonyl (C=O) groups excluding carboxylic acids is 1. The lowest BCUT2D eigenvalue weighted by Gasteiger charge is -2.50. The van der Waals surface area contributed by atoms with Crippen molar-refractivity contribution in [3.63, 3.8) is 0 Å². The summed E-state index contributed by atoms with van der Waals surface area (Å²) in [4.78, 5) is 15.3. The smallest absolute Gasteiger partial charge is 0.254 e. The van der Waals surface area contributed by atoms with E-state index in [0.29, 0.717) is 13.2 Å². The van der Waals surface area contributed by atoms with Crippen molar-refractivity contribution in [3.8, 4) is 0 Å². The highest BCUT2D eigenvalue weighted by atomic mass is 16.5. The summed E-state index contributed by atoms with van der Waals surface area (Å²) in [6, 6.07) is 14.1. The maximum absolute atomic E-state index is 13.3. The molecule has 0 unspecified atom stereocenters. The van der Waals surface area contributed by atoms with Gasteiger partial charge in [-0.2, -0.15) is 0 Å². The average molecular weight is 339 g/mol. The quantitative estimate of drug-likeness (QED) is 0.859. The molecule has 2 heterocycles. The molecule has 2 atom stereocenters. The van der Waals surface area contributed by atoms with E-state index in [1.807, 2.05) is 35.2 Å². The highest BCUT2D eigenvalue weighted by Gasteiger charge is 2.47. The molecule has 0 saturated carbocycles. The molecule has 25 heavy (non-hydrogen) atoms. The molecule has 0 aromatic heterocycles. The Morgan fingerprint density at radius 2 is 2.12 bits per heavy atom. The van der Waals surface area contributed by atoms with Crippen LogP contribution in [-0.2, 0) is 9.47 Å². The molecule has 4 heteroatoms. The van der Waals surface area contributed by atoms with Crippen molar-refractivity contribution in [1.29, 1.82) is 0 Å². The molecule has 132 valence electrons. The van der Waals surface area contributed by atoms with Crippen LogP contribution in [0.1, 0.15) is 29.6 Å². The van der Waals surface area contributed by atoms with Gasteiger partial charge in [-0.25, -0.2) is 0 Å². The second-order valence-corrected chi connectivity index (χ2v) is 7.30. The van der Waals surface area contributed by atoms with Gasteiger partial charge < -0.3 is 14.4 Å². The van der Waals surface area contributed by atoms with Gasteiger partial charge in [-0.15, -0.1) is 0 Å². The van der Waals surface area contributed by atoms with Crippen LogP contribution in [0.2, 0.25) is 0 Å². The lowest BCUT2D eigenvalue weighted by molar-refractivity contribution is -0.142. The predicted molar refractivity (Wildman–Crippen MR) is 97.8 cm³/mol. The average Bonchev–Trinajstić information content (AvgIpc) is 2.66. The number of ether oxygens (including phenoxy) is 2. The molecule has 0 spiro atoms. The Morgan fingerprint density at radius 1 is 1.28 bits per heavy atom. The number of nitrogens with zero attached hydrogens (tertiary/aromatic N) is 1. The number of benzene rings is 2. The van der Waals surface area contributed by atoms with E-state index in [4.69, 9.17) is 9.47 Å². The molecule has 2 aliphatic heterocycles. The van der Waals surface area contributed by atoms with Gasteiger partial charge in [0.25, 0.3) is 5.91 Å². The SMILES string of the molecule is COC[C@]12CCCO[C@@H]1CCN(C(=O)c1cccc3ccccc13)C2. The van der Waals surface area contributed by atoms with Crippen LogP contribution in [0.25, 0.3) is 10.8 Å². The Balaban J connectivity index is 1.64. The minimum atomic E-state index is -0.0640. The van der Waals surface area contributed by atoms with Crippen molar-refractivity contribution in [3.05, 3.63) is 48.0 Å². The third-order valence-electron chi connectivity index (χ3n) is 5.73. The fourth-order valence-electron chi connectivity index (χ4n) is 4.54. The predicted octanol–water partition coefficient (Wildman–Crippen LogP) is 3.50. The highest BCUT2D eigenvalue weighted by molar-refractivity contribution is 6.07. The first-order valence-corrected chi connectivity index (χ1v) is 9.11. The first-order chi connectivity index (χ1) is 12.2. The summed E-state index contributed by atoms with van der Waals surface area (Å²) in [5, 5.41) is 2.13. The van der Waals surface area contributed by atoms with Gasteiger partial charge in [0.1, 0.15) is 0 Å². The monoisotopic (exact) mass is 339 g/mol. The van der Waals surface area contributed by atoms with E-state index in [9.17, 15) is 4.79 Å². The first-order valence-electron chi connectivity index (χ1n) is 9.11. The number of hydrogen-bond acceptors (Lipinski definition) is 3. The van der Waals surface area contributed by atoms with Gasteiger partial charge in [0.15, 0.2) is 0 Å². The summed E-state index contributed by atoms with van der Waals surface area (Å²) >= 11 is 0. The van der Waals surface area contributed by atoms with Crippen molar-refractivity contribution in [2.24, 2.45) is 5.41 Å². The van der Waals surface area contributed by atoms with E-state index < -0.39 is 0 Å². The van der Waals surface area contributed by atoms with Crippen LogP contribution in [0.15, 0.2) is 42.5 Å². The normalized spacial score (nSPS) is 26.4. The van der Waals surface area contributed by atoms with Crippen molar-refractivity contribution in [2.45, 2.75) is 25.4 Å². The van der Waals surface area contributed by atoms with E-state index in [-0.39, 0.29) is 17.4 Å². The number of carbonyl (C=O) groups is 1. The molecule has 4 nitrogen and oxygen atoms in total. The van der Waals surface area contributed by atoms with Gasteiger partial charge in [-0.3, -0.25) is 4.79 Å². The largest absolute Gasteiger partial charge is 0.384 e. The Kier molecular flexibility index (Phi) is 4.48. The van der Waals surface area contributed by atoms with Crippen LogP contribution in [0.4, 0.5) is 0 Å². The van der Waals surface area contributed by atoms with Crippen molar-refractivity contribution >= 4 is 16.7 Å². The third kappa shape index (κ3) is 2.94. The van der Waals surface area contributed by atoms with Crippen LogP contribution >= 0.6 is 0 Å². The summed E-state index contributed by atoms with van der Waals surface area (Å²) < 4.78 is 11.6. The number of rotatable bonds is 3. The second-order valence-electron chi connectivity index (χ2n) is 7.30. The summed E-state index contributed by atoms with van der Waals surface area (Å²) in [7, 11) is 1.74. The maximum Gasteiger partial charge on any atom is 0.254 e. The van der Waals surface area contributed by atoms with Crippen molar-refractivity contribution < 1.29 is 14.3 Å². The molecule has 2 saturated heterocycles. The number of fused-ring (bicyclic) bond motifs is 2. The van der Waals surface area contributed by atoms with Crippen LogP contribution in [-0.4, -0.2) is 50.3 Å².